The second-order valence-electron chi connectivity index (χ2n) is 7.32. The largest absolute Gasteiger partial charge is 0.416 e. The molecule has 0 bridgehead atoms. The van der Waals surface area contributed by atoms with Gasteiger partial charge in [-0.3, -0.25) is 0 Å². The maximum absolute atomic E-state index is 13.0. The number of benzene rings is 2. The van der Waals surface area contributed by atoms with Crippen molar-refractivity contribution in [2.24, 2.45) is 5.92 Å². The van der Waals surface area contributed by atoms with Gasteiger partial charge in [-0.15, -0.1) is 0 Å². The van der Waals surface area contributed by atoms with Crippen LogP contribution in [0.5, 0.6) is 0 Å². The van der Waals surface area contributed by atoms with Crippen LogP contribution >= 0.6 is 0 Å². The fourth-order valence-electron chi connectivity index (χ4n) is 4.06. The van der Waals surface area contributed by atoms with Gasteiger partial charge in [0.2, 0.25) is 11.7 Å². The van der Waals surface area contributed by atoms with Gasteiger partial charge < -0.3 is 4.52 Å². The summed E-state index contributed by atoms with van der Waals surface area (Å²) < 4.78 is 44.6. The number of halogens is 3. The van der Waals surface area contributed by atoms with Crippen LogP contribution in [0.2, 0.25) is 0 Å². The fraction of sp³-hybridized carbons (Fsp3) is 0.364. The minimum atomic E-state index is -4.41. The average Bonchev–Trinajstić information content (AvgIpc) is 3.19. The first-order valence-corrected chi connectivity index (χ1v) is 9.58. The molecule has 1 heterocycles. The van der Waals surface area contributed by atoms with Gasteiger partial charge in [0.05, 0.1) is 11.5 Å². The summed E-state index contributed by atoms with van der Waals surface area (Å²) in [5, 5.41) is 4.00. The van der Waals surface area contributed by atoms with E-state index in [4.69, 9.17) is 4.52 Å². The van der Waals surface area contributed by atoms with E-state index in [1.165, 1.54) is 25.3 Å². The maximum atomic E-state index is 13.0. The third-order valence-electron chi connectivity index (χ3n) is 5.44. The second-order valence-corrected chi connectivity index (χ2v) is 7.32. The van der Waals surface area contributed by atoms with E-state index in [1.54, 1.807) is 6.07 Å². The zero-order chi connectivity index (χ0) is 19.6. The van der Waals surface area contributed by atoms with Gasteiger partial charge in [0.1, 0.15) is 0 Å². The lowest BCUT2D eigenvalue weighted by atomic mass is 9.76. The Morgan fingerprint density at radius 2 is 1.68 bits per heavy atom. The molecule has 3 nitrogen and oxygen atoms in total. The Bertz CT molecular complexity index is 915. The molecule has 2 aromatic carbocycles. The summed E-state index contributed by atoms with van der Waals surface area (Å²) in [5.41, 5.74) is 0.692. The van der Waals surface area contributed by atoms with E-state index in [2.05, 4.69) is 10.1 Å². The van der Waals surface area contributed by atoms with Crippen molar-refractivity contribution < 1.29 is 17.7 Å². The Morgan fingerprint density at radius 3 is 2.39 bits per heavy atom. The summed E-state index contributed by atoms with van der Waals surface area (Å²) in [6, 6.07) is 15.1. The van der Waals surface area contributed by atoms with Gasteiger partial charge in [-0.25, -0.2) is 0 Å². The van der Waals surface area contributed by atoms with Crippen molar-refractivity contribution in [3.63, 3.8) is 0 Å². The summed E-state index contributed by atoms with van der Waals surface area (Å²) in [6.45, 7) is 0. The van der Waals surface area contributed by atoms with Gasteiger partial charge in [-0.05, 0) is 36.5 Å². The van der Waals surface area contributed by atoms with Gasteiger partial charge >= 0.3 is 6.18 Å². The number of rotatable bonds is 4. The molecule has 0 aliphatic heterocycles. The molecule has 1 saturated carbocycles. The molecule has 1 aromatic heterocycles. The first-order chi connectivity index (χ1) is 13.5. The Kier molecular flexibility index (Phi) is 5.20. The van der Waals surface area contributed by atoms with E-state index in [1.807, 2.05) is 30.3 Å². The molecular weight excluding hydrogens is 365 g/mol. The highest BCUT2D eigenvalue weighted by Gasteiger charge is 2.33. The Morgan fingerprint density at radius 1 is 0.929 bits per heavy atom. The zero-order valence-electron chi connectivity index (χ0n) is 15.3. The third-order valence-corrected chi connectivity index (χ3v) is 5.44. The van der Waals surface area contributed by atoms with Crippen LogP contribution in [0.4, 0.5) is 13.2 Å². The Balaban J connectivity index is 1.69. The fourth-order valence-corrected chi connectivity index (χ4v) is 4.06. The number of alkyl halides is 3. The lowest BCUT2D eigenvalue weighted by Crippen LogP contribution is -2.18. The first kappa shape index (κ1) is 18.7. The lowest BCUT2D eigenvalue weighted by molar-refractivity contribution is -0.137. The molecule has 146 valence electrons. The van der Waals surface area contributed by atoms with Crippen molar-refractivity contribution in [2.75, 3.05) is 0 Å². The topological polar surface area (TPSA) is 38.9 Å². The molecule has 6 heteroatoms. The summed E-state index contributed by atoms with van der Waals surface area (Å²) >= 11 is 0. The summed E-state index contributed by atoms with van der Waals surface area (Å²) in [5.74, 6) is 1.03. The van der Waals surface area contributed by atoms with Crippen molar-refractivity contribution in [1.29, 1.82) is 0 Å². The smallest absolute Gasteiger partial charge is 0.338 e. The number of aromatic nitrogens is 2. The monoisotopic (exact) mass is 386 g/mol. The molecule has 4 rings (SSSR count). The standard InChI is InChI=1S/C22H21F3N2O/c23-22(24,25)18-13-7-12-17(14-18)20-26-21(28-27-20)19(15-8-3-1-4-9-15)16-10-5-2-6-11-16/h1,3-4,7-9,12-14,16,19H,2,5-6,10-11H2/t19-/m0/s1. The van der Waals surface area contributed by atoms with Crippen molar-refractivity contribution in [1.82, 2.24) is 10.1 Å². The maximum Gasteiger partial charge on any atom is 0.416 e. The molecular formula is C22H21F3N2O. The van der Waals surface area contributed by atoms with E-state index in [0.717, 1.165) is 30.5 Å². The van der Waals surface area contributed by atoms with Gasteiger partial charge in [0.25, 0.3) is 0 Å². The van der Waals surface area contributed by atoms with Crippen molar-refractivity contribution >= 4 is 0 Å². The van der Waals surface area contributed by atoms with Crippen molar-refractivity contribution in [3.05, 3.63) is 71.6 Å². The minimum Gasteiger partial charge on any atom is -0.338 e. The van der Waals surface area contributed by atoms with Crippen LogP contribution in [0.15, 0.2) is 59.1 Å². The molecule has 0 radical (unpaired) electrons. The molecule has 1 fully saturated rings. The van der Waals surface area contributed by atoms with Crippen LogP contribution in [0.25, 0.3) is 11.4 Å². The van der Waals surface area contributed by atoms with Gasteiger partial charge in [0.15, 0.2) is 0 Å². The van der Waals surface area contributed by atoms with Crippen LogP contribution < -0.4 is 0 Å². The van der Waals surface area contributed by atoms with Crippen LogP contribution in [0, 0.1) is 5.92 Å². The van der Waals surface area contributed by atoms with Crippen LogP contribution in [-0.2, 0) is 6.18 Å². The highest BCUT2D eigenvalue weighted by atomic mass is 19.4. The molecule has 0 unspecified atom stereocenters. The van der Waals surface area contributed by atoms with Gasteiger partial charge in [-0.2, -0.15) is 18.2 Å². The normalized spacial score (nSPS) is 16.8. The Hall–Kier alpha value is -2.63. The predicted octanol–water partition coefficient (Wildman–Crippen LogP) is 6.47. The average molecular weight is 386 g/mol. The summed E-state index contributed by atoms with van der Waals surface area (Å²) in [7, 11) is 0. The van der Waals surface area contributed by atoms with Crippen LogP contribution in [0.3, 0.4) is 0 Å². The SMILES string of the molecule is FC(F)(F)c1cccc(-c2noc([C@@H](c3ccccc3)C3CCCCC3)n2)c1. The van der Waals surface area contributed by atoms with E-state index in [0.29, 0.717) is 17.4 Å². The van der Waals surface area contributed by atoms with E-state index in [9.17, 15) is 13.2 Å². The van der Waals surface area contributed by atoms with E-state index < -0.39 is 11.7 Å². The molecule has 0 N–H and O–H groups in total. The predicted molar refractivity (Wildman–Crippen MR) is 99.6 cm³/mol. The van der Waals surface area contributed by atoms with E-state index >= 15 is 0 Å². The number of nitrogens with zero attached hydrogens (tertiary/aromatic N) is 2. The minimum absolute atomic E-state index is 0.0338. The highest BCUT2D eigenvalue weighted by Crippen LogP contribution is 2.40. The third kappa shape index (κ3) is 3.96. The van der Waals surface area contributed by atoms with Crippen molar-refractivity contribution in [3.8, 4) is 11.4 Å². The number of hydrogen-bond acceptors (Lipinski definition) is 3. The van der Waals surface area contributed by atoms with Crippen LogP contribution in [0.1, 0.15) is 55.0 Å². The Labute approximate surface area is 161 Å². The molecule has 28 heavy (non-hydrogen) atoms. The highest BCUT2D eigenvalue weighted by molar-refractivity contribution is 5.56. The lowest BCUT2D eigenvalue weighted by Gasteiger charge is -2.28. The van der Waals surface area contributed by atoms with Crippen LogP contribution in [-0.4, -0.2) is 10.1 Å². The molecule has 0 amide bonds. The summed E-state index contributed by atoms with van der Waals surface area (Å²) in [4.78, 5) is 4.51. The molecule has 1 aliphatic rings. The van der Waals surface area contributed by atoms with E-state index in [-0.39, 0.29) is 11.7 Å². The molecule has 0 spiro atoms. The summed E-state index contributed by atoms with van der Waals surface area (Å²) in [6.07, 6.45) is 1.33. The van der Waals surface area contributed by atoms with Gasteiger partial charge in [0, 0.05) is 5.56 Å². The molecule has 0 saturated heterocycles. The molecule has 1 atom stereocenters. The number of hydrogen-bond donors (Lipinski definition) is 0. The molecule has 1 aliphatic carbocycles. The quantitative estimate of drug-likeness (QED) is 0.516. The van der Waals surface area contributed by atoms with Crippen molar-refractivity contribution in [2.45, 2.75) is 44.2 Å². The van der Waals surface area contributed by atoms with Gasteiger partial charge in [-0.1, -0.05) is 66.9 Å². The zero-order valence-corrected chi connectivity index (χ0v) is 15.3. The second kappa shape index (κ2) is 7.78. The first-order valence-electron chi connectivity index (χ1n) is 9.58. The molecule has 3 aromatic rings.